The van der Waals surface area contributed by atoms with Gasteiger partial charge in [-0.2, -0.15) is 0 Å². The van der Waals surface area contributed by atoms with Crippen molar-refractivity contribution in [3.05, 3.63) is 59.7 Å². The zero-order valence-electron chi connectivity index (χ0n) is 11.5. The van der Waals surface area contributed by atoms with Crippen molar-refractivity contribution in [1.82, 2.24) is 0 Å². The van der Waals surface area contributed by atoms with E-state index in [-0.39, 0.29) is 5.78 Å². The molecule has 0 aromatic heterocycles. The van der Waals surface area contributed by atoms with E-state index in [9.17, 15) is 4.79 Å². The van der Waals surface area contributed by atoms with Crippen molar-refractivity contribution in [2.75, 3.05) is 0 Å². The zero-order valence-corrected chi connectivity index (χ0v) is 11.5. The molecule has 2 aromatic rings. The van der Waals surface area contributed by atoms with Crippen molar-refractivity contribution in [1.29, 1.82) is 0 Å². The van der Waals surface area contributed by atoms with Crippen molar-refractivity contribution in [3.8, 4) is 11.1 Å². The van der Waals surface area contributed by atoms with Gasteiger partial charge in [-0.1, -0.05) is 67.9 Å². The molecule has 0 saturated heterocycles. The number of aryl methyl sites for hydroxylation is 1. The van der Waals surface area contributed by atoms with Crippen LogP contribution in [-0.2, 0) is 0 Å². The minimum Gasteiger partial charge on any atom is -0.294 e. The van der Waals surface area contributed by atoms with Gasteiger partial charge in [0.2, 0.25) is 0 Å². The number of ketones is 1. The Labute approximate surface area is 109 Å². The first-order valence-electron chi connectivity index (χ1n) is 6.35. The van der Waals surface area contributed by atoms with Gasteiger partial charge in [0.05, 0.1) is 0 Å². The normalized spacial score (nSPS) is 9.33. The van der Waals surface area contributed by atoms with E-state index < -0.39 is 0 Å². The van der Waals surface area contributed by atoms with Crippen LogP contribution in [0.15, 0.2) is 48.5 Å². The average Bonchev–Trinajstić information content (AvgIpc) is 2.41. The Morgan fingerprint density at radius 2 is 1.61 bits per heavy atom. The van der Waals surface area contributed by atoms with E-state index in [1.807, 2.05) is 50.2 Å². The zero-order chi connectivity index (χ0) is 13.5. The first-order chi connectivity index (χ1) is 8.68. The highest BCUT2D eigenvalue weighted by Crippen LogP contribution is 2.24. The average molecular weight is 240 g/mol. The summed E-state index contributed by atoms with van der Waals surface area (Å²) in [6.45, 7) is 7.66. The van der Waals surface area contributed by atoms with Crippen LogP contribution in [0.2, 0.25) is 0 Å². The molecule has 0 aliphatic heterocycles. The van der Waals surface area contributed by atoms with E-state index >= 15 is 0 Å². The van der Waals surface area contributed by atoms with Crippen LogP contribution in [0.4, 0.5) is 0 Å². The molecule has 0 atom stereocenters. The molecule has 1 nitrogen and oxygen atoms in total. The second kappa shape index (κ2) is 6.75. The van der Waals surface area contributed by atoms with E-state index in [1.165, 1.54) is 5.56 Å². The molecule has 2 rings (SSSR count). The van der Waals surface area contributed by atoms with Crippen LogP contribution in [0.25, 0.3) is 11.1 Å². The van der Waals surface area contributed by atoms with Crippen molar-refractivity contribution in [2.45, 2.75) is 27.7 Å². The minimum atomic E-state index is 0.108. The number of carbonyl (C=O) groups excluding carboxylic acids is 1. The van der Waals surface area contributed by atoms with Gasteiger partial charge in [-0.3, -0.25) is 4.79 Å². The topological polar surface area (TPSA) is 17.1 Å². The van der Waals surface area contributed by atoms with E-state index in [1.54, 1.807) is 6.92 Å². The molecule has 1 heteroatoms. The highest BCUT2D eigenvalue weighted by atomic mass is 16.1. The minimum absolute atomic E-state index is 0.108. The van der Waals surface area contributed by atoms with Gasteiger partial charge in [0.1, 0.15) is 0 Å². The van der Waals surface area contributed by atoms with Crippen LogP contribution in [-0.4, -0.2) is 5.78 Å². The van der Waals surface area contributed by atoms with Crippen LogP contribution >= 0.6 is 0 Å². The number of carbonyl (C=O) groups is 1. The third-order valence-electron chi connectivity index (χ3n) is 2.64. The monoisotopic (exact) mass is 240 g/mol. The van der Waals surface area contributed by atoms with E-state index in [4.69, 9.17) is 0 Å². The molecule has 18 heavy (non-hydrogen) atoms. The Morgan fingerprint density at radius 1 is 0.944 bits per heavy atom. The van der Waals surface area contributed by atoms with Gasteiger partial charge in [-0.25, -0.2) is 0 Å². The van der Waals surface area contributed by atoms with Gasteiger partial charge < -0.3 is 0 Å². The third kappa shape index (κ3) is 3.30. The van der Waals surface area contributed by atoms with Gasteiger partial charge in [0.25, 0.3) is 0 Å². The predicted octanol–water partition coefficient (Wildman–Crippen LogP) is 4.89. The van der Waals surface area contributed by atoms with Gasteiger partial charge in [0.15, 0.2) is 5.78 Å². The number of benzene rings is 2. The molecule has 0 radical (unpaired) electrons. The van der Waals surface area contributed by atoms with Crippen LogP contribution in [0.3, 0.4) is 0 Å². The number of Topliss-reactive ketones (excluding diaryl/α,β-unsaturated/α-hetero) is 1. The third-order valence-corrected chi connectivity index (χ3v) is 2.64. The fourth-order valence-electron chi connectivity index (χ4n) is 1.85. The molecule has 0 aliphatic carbocycles. The number of hydrogen-bond acceptors (Lipinski definition) is 1. The molecule has 0 amide bonds. The lowest BCUT2D eigenvalue weighted by Gasteiger charge is -2.07. The van der Waals surface area contributed by atoms with Crippen LogP contribution in [0.5, 0.6) is 0 Å². The highest BCUT2D eigenvalue weighted by molar-refractivity contribution is 6.00. The SMILES string of the molecule is CC.CC(=O)c1ccccc1-c1cccc(C)c1. The van der Waals surface area contributed by atoms with Crippen molar-refractivity contribution >= 4 is 5.78 Å². The fraction of sp³-hybridized carbons (Fsp3) is 0.235. The maximum absolute atomic E-state index is 11.5. The Hall–Kier alpha value is -1.89. The fourth-order valence-corrected chi connectivity index (χ4v) is 1.85. The number of hydrogen-bond donors (Lipinski definition) is 0. The molecule has 94 valence electrons. The van der Waals surface area contributed by atoms with E-state index in [0.29, 0.717) is 0 Å². The maximum atomic E-state index is 11.5. The summed E-state index contributed by atoms with van der Waals surface area (Å²) in [5, 5.41) is 0. The molecule has 0 aliphatic rings. The molecular formula is C17H20O. The lowest BCUT2D eigenvalue weighted by molar-refractivity contribution is 0.101. The lowest BCUT2D eigenvalue weighted by atomic mass is 9.96. The van der Waals surface area contributed by atoms with Crippen LogP contribution in [0.1, 0.15) is 36.7 Å². The van der Waals surface area contributed by atoms with Gasteiger partial charge in [-0.15, -0.1) is 0 Å². The van der Waals surface area contributed by atoms with Crippen LogP contribution in [0, 0.1) is 6.92 Å². The largest absolute Gasteiger partial charge is 0.294 e. The predicted molar refractivity (Wildman–Crippen MR) is 78.0 cm³/mol. The molecule has 0 fully saturated rings. The Bertz CT molecular complexity index is 527. The maximum Gasteiger partial charge on any atom is 0.160 e. The second-order valence-corrected chi connectivity index (χ2v) is 3.97. The molecular weight excluding hydrogens is 220 g/mol. The molecule has 0 N–H and O–H groups in total. The Kier molecular flexibility index (Phi) is 5.31. The molecule has 2 aromatic carbocycles. The summed E-state index contributed by atoms with van der Waals surface area (Å²) in [7, 11) is 0. The lowest BCUT2D eigenvalue weighted by Crippen LogP contribution is -1.95. The quantitative estimate of drug-likeness (QED) is 0.683. The summed E-state index contributed by atoms with van der Waals surface area (Å²) in [5.41, 5.74) is 4.11. The molecule has 0 saturated carbocycles. The summed E-state index contributed by atoms with van der Waals surface area (Å²) in [6, 6.07) is 15.9. The van der Waals surface area contributed by atoms with E-state index in [0.717, 1.165) is 16.7 Å². The number of rotatable bonds is 2. The summed E-state index contributed by atoms with van der Waals surface area (Å²) < 4.78 is 0. The van der Waals surface area contributed by atoms with Gasteiger partial charge >= 0.3 is 0 Å². The van der Waals surface area contributed by atoms with Crippen LogP contribution < -0.4 is 0 Å². The smallest absolute Gasteiger partial charge is 0.160 e. The second-order valence-electron chi connectivity index (χ2n) is 3.97. The molecule has 0 heterocycles. The summed E-state index contributed by atoms with van der Waals surface area (Å²) in [4.78, 5) is 11.5. The van der Waals surface area contributed by atoms with Crippen molar-refractivity contribution in [2.24, 2.45) is 0 Å². The summed E-state index contributed by atoms with van der Waals surface area (Å²) >= 11 is 0. The molecule has 0 spiro atoms. The molecule has 0 unspecified atom stereocenters. The van der Waals surface area contributed by atoms with Gasteiger partial charge in [0, 0.05) is 5.56 Å². The standard InChI is InChI=1S/C15H14O.C2H6/c1-11-6-5-7-13(10-11)15-9-4-3-8-14(15)12(2)16;1-2/h3-10H,1-2H3;1-2H3. The Morgan fingerprint density at radius 3 is 2.22 bits per heavy atom. The highest BCUT2D eigenvalue weighted by Gasteiger charge is 2.07. The summed E-state index contributed by atoms with van der Waals surface area (Å²) in [5.74, 6) is 0.108. The van der Waals surface area contributed by atoms with E-state index in [2.05, 4.69) is 19.1 Å². The Balaban J connectivity index is 0.000000771. The first kappa shape index (κ1) is 14.2. The van der Waals surface area contributed by atoms with Crippen molar-refractivity contribution < 1.29 is 4.79 Å². The van der Waals surface area contributed by atoms with Crippen molar-refractivity contribution in [3.63, 3.8) is 0 Å². The first-order valence-corrected chi connectivity index (χ1v) is 6.35. The van der Waals surface area contributed by atoms with Gasteiger partial charge in [-0.05, 0) is 25.0 Å². The molecule has 0 bridgehead atoms. The summed E-state index contributed by atoms with van der Waals surface area (Å²) in [6.07, 6.45) is 0.